The average molecular weight is 344 g/mol. The van der Waals surface area contributed by atoms with Gasteiger partial charge in [-0.1, -0.05) is 23.7 Å². The van der Waals surface area contributed by atoms with E-state index in [1.54, 1.807) is 6.20 Å². The molecule has 1 fully saturated rings. The summed E-state index contributed by atoms with van der Waals surface area (Å²) in [5.74, 6) is 0.831. The van der Waals surface area contributed by atoms with Gasteiger partial charge in [-0.25, -0.2) is 4.98 Å². The van der Waals surface area contributed by atoms with Gasteiger partial charge in [-0.05, 0) is 49.6 Å². The minimum absolute atomic E-state index is 0.0208. The van der Waals surface area contributed by atoms with E-state index in [0.29, 0.717) is 23.7 Å². The van der Waals surface area contributed by atoms with Gasteiger partial charge < -0.3 is 9.80 Å². The number of halogens is 1. The van der Waals surface area contributed by atoms with Crippen molar-refractivity contribution in [2.24, 2.45) is 0 Å². The summed E-state index contributed by atoms with van der Waals surface area (Å²) in [6, 6.07) is 11.4. The Morgan fingerprint density at radius 1 is 1.25 bits per heavy atom. The Morgan fingerprint density at radius 3 is 2.75 bits per heavy atom. The van der Waals surface area contributed by atoms with Crippen LogP contribution in [-0.4, -0.2) is 35.4 Å². The van der Waals surface area contributed by atoms with E-state index in [9.17, 15) is 4.79 Å². The number of hydrogen-bond acceptors (Lipinski definition) is 3. The van der Waals surface area contributed by atoms with Crippen molar-refractivity contribution < 1.29 is 4.79 Å². The van der Waals surface area contributed by atoms with Gasteiger partial charge in [0.25, 0.3) is 5.91 Å². The lowest BCUT2D eigenvalue weighted by molar-refractivity contribution is 0.0753. The zero-order valence-corrected chi connectivity index (χ0v) is 14.7. The highest BCUT2D eigenvalue weighted by atomic mass is 35.5. The third kappa shape index (κ3) is 3.70. The predicted molar refractivity (Wildman–Crippen MR) is 97.6 cm³/mol. The average Bonchev–Trinajstić information content (AvgIpc) is 3.13. The molecule has 2 heterocycles. The van der Waals surface area contributed by atoms with Gasteiger partial charge in [0.15, 0.2) is 0 Å². The normalized spacial score (nSPS) is 14.0. The van der Waals surface area contributed by atoms with E-state index < -0.39 is 0 Å². The number of carbonyl (C=O) groups is 1. The molecule has 1 aromatic carbocycles. The number of anilines is 1. The third-order valence-corrected chi connectivity index (χ3v) is 4.59. The molecular weight excluding hydrogens is 322 g/mol. The minimum Gasteiger partial charge on any atom is -0.356 e. The van der Waals surface area contributed by atoms with Crippen LogP contribution in [0, 0.1) is 0 Å². The molecule has 1 amide bonds. The molecule has 126 valence electrons. The van der Waals surface area contributed by atoms with Crippen molar-refractivity contribution in [2.75, 3.05) is 24.5 Å². The molecule has 1 saturated heterocycles. The number of carbonyl (C=O) groups excluding carboxylic acids is 1. The molecule has 0 saturated carbocycles. The number of hydrogen-bond donors (Lipinski definition) is 0. The highest BCUT2D eigenvalue weighted by Crippen LogP contribution is 2.24. The number of aromatic nitrogens is 1. The van der Waals surface area contributed by atoms with Crippen LogP contribution in [0.2, 0.25) is 5.02 Å². The molecule has 1 aliphatic rings. The number of rotatable bonds is 5. The van der Waals surface area contributed by atoms with Crippen molar-refractivity contribution in [3.63, 3.8) is 0 Å². The standard InChI is InChI=1S/C19H22ClN3O/c1-2-22(14-15-7-5-8-16(20)13-15)19(24)17-9-6-10-21-18(17)23-11-3-4-12-23/h5-10,13H,2-4,11-12,14H2,1H3. The lowest BCUT2D eigenvalue weighted by Crippen LogP contribution is -2.32. The van der Waals surface area contributed by atoms with E-state index >= 15 is 0 Å². The molecule has 24 heavy (non-hydrogen) atoms. The van der Waals surface area contributed by atoms with E-state index in [4.69, 9.17) is 11.6 Å². The summed E-state index contributed by atoms with van der Waals surface area (Å²) in [6.07, 6.45) is 4.08. The Labute approximate surface area is 148 Å². The van der Waals surface area contributed by atoms with Crippen molar-refractivity contribution in [3.05, 3.63) is 58.7 Å². The molecule has 0 N–H and O–H groups in total. The molecule has 0 aliphatic carbocycles. The van der Waals surface area contributed by atoms with E-state index in [2.05, 4.69) is 9.88 Å². The van der Waals surface area contributed by atoms with Gasteiger partial charge in [-0.15, -0.1) is 0 Å². The molecule has 2 aromatic rings. The van der Waals surface area contributed by atoms with E-state index in [0.717, 1.165) is 37.3 Å². The number of pyridine rings is 1. The molecule has 5 heteroatoms. The first-order valence-corrected chi connectivity index (χ1v) is 8.80. The summed E-state index contributed by atoms with van der Waals surface area (Å²) in [7, 11) is 0. The first kappa shape index (κ1) is 16.8. The molecule has 1 aromatic heterocycles. The third-order valence-electron chi connectivity index (χ3n) is 4.35. The van der Waals surface area contributed by atoms with Crippen LogP contribution in [-0.2, 0) is 6.54 Å². The summed E-state index contributed by atoms with van der Waals surface area (Å²) < 4.78 is 0. The first-order chi connectivity index (χ1) is 11.7. The van der Waals surface area contributed by atoms with Gasteiger partial charge in [-0.2, -0.15) is 0 Å². The lowest BCUT2D eigenvalue weighted by Gasteiger charge is -2.25. The largest absolute Gasteiger partial charge is 0.356 e. The second-order valence-corrected chi connectivity index (χ2v) is 6.45. The van der Waals surface area contributed by atoms with Crippen molar-refractivity contribution in [1.82, 2.24) is 9.88 Å². The first-order valence-electron chi connectivity index (χ1n) is 8.42. The fourth-order valence-electron chi connectivity index (χ4n) is 3.10. The van der Waals surface area contributed by atoms with Crippen LogP contribution in [0.3, 0.4) is 0 Å². The van der Waals surface area contributed by atoms with E-state index in [-0.39, 0.29) is 5.91 Å². The molecular formula is C19H22ClN3O. The van der Waals surface area contributed by atoms with Crippen LogP contribution in [0.25, 0.3) is 0 Å². The molecule has 4 nitrogen and oxygen atoms in total. The Hall–Kier alpha value is -2.07. The van der Waals surface area contributed by atoms with Crippen LogP contribution >= 0.6 is 11.6 Å². The van der Waals surface area contributed by atoms with E-state index in [1.807, 2.05) is 48.2 Å². The quantitative estimate of drug-likeness (QED) is 0.823. The van der Waals surface area contributed by atoms with Gasteiger partial charge >= 0.3 is 0 Å². The molecule has 0 unspecified atom stereocenters. The second kappa shape index (κ2) is 7.67. The molecule has 0 spiro atoms. The lowest BCUT2D eigenvalue weighted by atomic mass is 10.1. The predicted octanol–water partition coefficient (Wildman–Crippen LogP) is 4.00. The Kier molecular flexibility index (Phi) is 5.36. The fourth-order valence-corrected chi connectivity index (χ4v) is 3.31. The van der Waals surface area contributed by atoms with E-state index in [1.165, 1.54) is 0 Å². The second-order valence-electron chi connectivity index (χ2n) is 6.02. The summed E-state index contributed by atoms with van der Waals surface area (Å²) in [4.78, 5) is 21.6. The fraction of sp³-hybridized carbons (Fsp3) is 0.368. The maximum atomic E-state index is 13.1. The Balaban J connectivity index is 1.84. The van der Waals surface area contributed by atoms with Crippen LogP contribution < -0.4 is 4.90 Å². The monoisotopic (exact) mass is 343 g/mol. The van der Waals surface area contributed by atoms with Gasteiger partial charge in [0.1, 0.15) is 5.82 Å². The summed E-state index contributed by atoms with van der Waals surface area (Å²) >= 11 is 6.06. The van der Waals surface area contributed by atoms with Gasteiger partial charge in [0, 0.05) is 37.4 Å². The summed E-state index contributed by atoms with van der Waals surface area (Å²) in [6.45, 7) is 5.12. The Bertz CT molecular complexity index is 713. The van der Waals surface area contributed by atoms with Gasteiger partial charge in [0.05, 0.1) is 5.56 Å². The van der Waals surface area contributed by atoms with Crippen molar-refractivity contribution >= 4 is 23.3 Å². The zero-order chi connectivity index (χ0) is 16.9. The highest BCUT2D eigenvalue weighted by Gasteiger charge is 2.23. The van der Waals surface area contributed by atoms with Crippen LogP contribution in [0.15, 0.2) is 42.6 Å². The summed E-state index contributed by atoms with van der Waals surface area (Å²) in [5, 5.41) is 0.690. The molecule has 0 radical (unpaired) electrons. The number of amides is 1. The summed E-state index contributed by atoms with van der Waals surface area (Å²) in [5.41, 5.74) is 1.72. The molecule has 1 aliphatic heterocycles. The number of nitrogens with zero attached hydrogens (tertiary/aromatic N) is 3. The topological polar surface area (TPSA) is 36.4 Å². The van der Waals surface area contributed by atoms with Crippen LogP contribution in [0.1, 0.15) is 35.7 Å². The van der Waals surface area contributed by atoms with Crippen LogP contribution in [0.5, 0.6) is 0 Å². The van der Waals surface area contributed by atoms with Crippen molar-refractivity contribution in [2.45, 2.75) is 26.3 Å². The Morgan fingerprint density at radius 2 is 2.04 bits per heavy atom. The SMILES string of the molecule is CCN(Cc1cccc(Cl)c1)C(=O)c1cccnc1N1CCCC1. The van der Waals surface area contributed by atoms with Crippen LogP contribution in [0.4, 0.5) is 5.82 Å². The van der Waals surface area contributed by atoms with Crippen molar-refractivity contribution in [3.8, 4) is 0 Å². The maximum Gasteiger partial charge on any atom is 0.257 e. The number of benzene rings is 1. The maximum absolute atomic E-state index is 13.1. The van der Waals surface area contributed by atoms with Gasteiger partial charge in [0.2, 0.25) is 0 Å². The zero-order valence-electron chi connectivity index (χ0n) is 13.9. The smallest absolute Gasteiger partial charge is 0.257 e. The minimum atomic E-state index is 0.0208. The molecule has 0 atom stereocenters. The van der Waals surface area contributed by atoms with Crippen molar-refractivity contribution in [1.29, 1.82) is 0 Å². The molecule has 3 rings (SSSR count). The molecule has 0 bridgehead atoms. The van der Waals surface area contributed by atoms with Gasteiger partial charge in [-0.3, -0.25) is 4.79 Å². The highest BCUT2D eigenvalue weighted by molar-refractivity contribution is 6.30.